The highest BCUT2D eigenvalue weighted by Gasteiger charge is 2.13. The third kappa shape index (κ3) is 4.76. The zero-order valence-electron chi connectivity index (χ0n) is 14.4. The molecular formula is C18H16FN5O2S. The van der Waals surface area contributed by atoms with Crippen molar-refractivity contribution in [2.45, 2.75) is 18.5 Å². The number of hydrogen-bond donors (Lipinski definition) is 1. The molecule has 0 atom stereocenters. The first-order chi connectivity index (χ1) is 13.1. The van der Waals surface area contributed by atoms with Crippen LogP contribution in [0.3, 0.4) is 0 Å². The van der Waals surface area contributed by atoms with Gasteiger partial charge in [0.25, 0.3) is 0 Å². The van der Waals surface area contributed by atoms with Crippen LogP contribution >= 0.6 is 11.8 Å². The molecule has 0 aliphatic carbocycles. The summed E-state index contributed by atoms with van der Waals surface area (Å²) < 4.78 is 14.8. The number of nitrogens with zero attached hydrogens (tertiary/aromatic N) is 4. The predicted octanol–water partition coefficient (Wildman–Crippen LogP) is 3.12. The largest absolute Gasteiger partial charge is 0.326 e. The van der Waals surface area contributed by atoms with Gasteiger partial charge in [0.05, 0.1) is 11.4 Å². The van der Waals surface area contributed by atoms with Crippen LogP contribution in [-0.4, -0.2) is 37.7 Å². The maximum Gasteiger partial charge on any atom is 0.224 e. The first-order valence-corrected chi connectivity index (χ1v) is 9.15. The third-order valence-corrected chi connectivity index (χ3v) is 4.56. The summed E-state index contributed by atoms with van der Waals surface area (Å²) in [5.74, 6) is -0.475. The molecule has 0 unspecified atom stereocenters. The quantitative estimate of drug-likeness (QED) is 0.496. The molecule has 0 aliphatic heterocycles. The van der Waals surface area contributed by atoms with E-state index in [1.54, 1.807) is 43.3 Å². The summed E-state index contributed by atoms with van der Waals surface area (Å²) in [5.41, 5.74) is 1.63. The van der Waals surface area contributed by atoms with E-state index in [1.807, 2.05) is 0 Å². The smallest absolute Gasteiger partial charge is 0.224 e. The number of halogens is 1. The van der Waals surface area contributed by atoms with Gasteiger partial charge in [0.2, 0.25) is 11.1 Å². The van der Waals surface area contributed by atoms with E-state index in [0.717, 1.165) is 11.8 Å². The molecule has 3 rings (SSSR count). The minimum Gasteiger partial charge on any atom is -0.326 e. The Bertz CT molecular complexity index is 958. The zero-order chi connectivity index (χ0) is 19.2. The first kappa shape index (κ1) is 18.7. The number of carbonyl (C=O) groups is 2. The van der Waals surface area contributed by atoms with Crippen molar-refractivity contribution in [3.8, 4) is 5.69 Å². The van der Waals surface area contributed by atoms with E-state index in [-0.39, 0.29) is 17.4 Å². The van der Waals surface area contributed by atoms with Crippen molar-refractivity contribution >= 4 is 29.1 Å². The topological polar surface area (TPSA) is 89.8 Å². The van der Waals surface area contributed by atoms with Gasteiger partial charge in [-0.05, 0) is 52.9 Å². The Hall–Kier alpha value is -3.07. The average molecular weight is 385 g/mol. The van der Waals surface area contributed by atoms with Gasteiger partial charge in [0.1, 0.15) is 5.82 Å². The zero-order valence-corrected chi connectivity index (χ0v) is 15.2. The number of benzene rings is 2. The van der Waals surface area contributed by atoms with Gasteiger partial charge in [0.15, 0.2) is 5.78 Å². The molecule has 1 N–H and O–H groups in total. The monoisotopic (exact) mass is 385 g/mol. The summed E-state index contributed by atoms with van der Waals surface area (Å²) in [4.78, 5) is 23.8. The molecule has 9 heteroatoms. The number of hydrogen-bond acceptors (Lipinski definition) is 6. The molecule has 0 bridgehead atoms. The molecule has 2 aromatic carbocycles. The van der Waals surface area contributed by atoms with E-state index in [2.05, 4.69) is 20.8 Å². The highest BCUT2D eigenvalue weighted by Crippen LogP contribution is 2.20. The summed E-state index contributed by atoms with van der Waals surface area (Å²) in [7, 11) is 0. The van der Waals surface area contributed by atoms with Crippen LogP contribution in [-0.2, 0) is 4.79 Å². The maximum atomic E-state index is 13.4. The molecule has 27 heavy (non-hydrogen) atoms. The van der Waals surface area contributed by atoms with Gasteiger partial charge in [-0.1, -0.05) is 24.8 Å². The second kappa shape index (κ2) is 8.54. The number of carbonyl (C=O) groups excluding carboxylic acids is 2. The predicted molar refractivity (Wildman–Crippen MR) is 99.5 cm³/mol. The van der Waals surface area contributed by atoms with E-state index in [1.165, 1.54) is 16.8 Å². The molecule has 1 amide bonds. The number of nitrogens with one attached hydrogen (secondary N) is 1. The van der Waals surface area contributed by atoms with Gasteiger partial charge < -0.3 is 5.32 Å². The molecule has 3 aromatic rings. The lowest BCUT2D eigenvalue weighted by atomic mass is 10.1. The van der Waals surface area contributed by atoms with E-state index >= 15 is 0 Å². The van der Waals surface area contributed by atoms with Gasteiger partial charge in [0, 0.05) is 17.7 Å². The van der Waals surface area contributed by atoms with Gasteiger partial charge in [-0.2, -0.15) is 4.68 Å². The number of amides is 1. The molecule has 7 nitrogen and oxygen atoms in total. The van der Waals surface area contributed by atoms with E-state index in [9.17, 15) is 14.0 Å². The van der Waals surface area contributed by atoms with Gasteiger partial charge in [-0.25, -0.2) is 4.39 Å². The van der Waals surface area contributed by atoms with Crippen molar-refractivity contribution in [2.75, 3.05) is 11.1 Å². The average Bonchev–Trinajstić information content (AvgIpc) is 3.15. The highest BCUT2D eigenvalue weighted by molar-refractivity contribution is 7.99. The van der Waals surface area contributed by atoms with E-state index in [4.69, 9.17) is 0 Å². The van der Waals surface area contributed by atoms with Crippen LogP contribution in [0.25, 0.3) is 5.69 Å². The Morgan fingerprint density at radius 3 is 2.67 bits per heavy atom. The minimum absolute atomic E-state index is 0.0891. The van der Waals surface area contributed by atoms with Crippen molar-refractivity contribution in [1.29, 1.82) is 0 Å². The van der Waals surface area contributed by atoms with Crippen LogP contribution in [0.15, 0.2) is 53.7 Å². The first-order valence-electron chi connectivity index (χ1n) is 8.17. The number of anilines is 1. The Morgan fingerprint density at radius 2 is 1.96 bits per heavy atom. The van der Waals surface area contributed by atoms with Crippen LogP contribution in [0.1, 0.15) is 23.7 Å². The van der Waals surface area contributed by atoms with Crippen molar-refractivity contribution in [3.05, 3.63) is 59.9 Å². The highest BCUT2D eigenvalue weighted by atomic mass is 32.2. The van der Waals surface area contributed by atoms with Crippen LogP contribution in [0.4, 0.5) is 10.1 Å². The molecular weight excluding hydrogens is 369 g/mol. The van der Waals surface area contributed by atoms with Crippen molar-refractivity contribution in [3.63, 3.8) is 0 Å². The number of Topliss-reactive ketones (excluding diaryl/α,β-unsaturated/α-hetero) is 1. The number of thioether (sulfide) groups is 1. The number of aromatic nitrogens is 4. The summed E-state index contributed by atoms with van der Waals surface area (Å²) in [6.45, 7) is 1.77. The fraction of sp³-hybridized carbons (Fsp3) is 0.167. The van der Waals surface area contributed by atoms with Crippen LogP contribution in [0, 0.1) is 5.82 Å². The van der Waals surface area contributed by atoms with E-state index in [0.29, 0.717) is 28.5 Å². The molecule has 138 valence electrons. The van der Waals surface area contributed by atoms with Crippen molar-refractivity contribution in [1.82, 2.24) is 20.2 Å². The normalized spacial score (nSPS) is 10.6. The Balaban J connectivity index is 1.65. The van der Waals surface area contributed by atoms with Crippen LogP contribution < -0.4 is 5.32 Å². The fourth-order valence-electron chi connectivity index (χ4n) is 2.24. The Kier molecular flexibility index (Phi) is 5.92. The molecule has 0 fully saturated rings. The molecule has 0 aliphatic rings. The molecule has 1 aromatic heterocycles. The Labute approximate surface area is 159 Å². The summed E-state index contributed by atoms with van der Waals surface area (Å²) in [6.07, 6.45) is 0.386. The Morgan fingerprint density at radius 1 is 1.19 bits per heavy atom. The third-order valence-electron chi connectivity index (χ3n) is 3.64. The number of rotatable bonds is 7. The van der Waals surface area contributed by atoms with Crippen LogP contribution in [0.5, 0.6) is 0 Å². The maximum absolute atomic E-state index is 13.4. The SMILES string of the molecule is CCC(=O)Nc1ccc(C(=O)CSc2nnnn2-c2cccc(F)c2)cc1. The lowest BCUT2D eigenvalue weighted by molar-refractivity contribution is -0.115. The lowest BCUT2D eigenvalue weighted by Gasteiger charge is -2.06. The summed E-state index contributed by atoms with van der Waals surface area (Å²) >= 11 is 1.16. The van der Waals surface area contributed by atoms with Crippen molar-refractivity contribution < 1.29 is 14.0 Å². The fourth-order valence-corrected chi connectivity index (χ4v) is 3.03. The molecule has 0 radical (unpaired) electrons. The van der Waals surface area contributed by atoms with E-state index < -0.39 is 5.82 Å². The van der Waals surface area contributed by atoms with Gasteiger partial charge >= 0.3 is 0 Å². The standard InChI is InChI=1S/C18H16FN5O2S/c1-2-17(26)20-14-8-6-12(7-9-14)16(25)11-27-18-21-22-23-24(18)15-5-3-4-13(19)10-15/h3-10H,2,11H2,1H3,(H,20,26). The van der Waals surface area contributed by atoms with Crippen molar-refractivity contribution in [2.24, 2.45) is 0 Å². The summed E-state index contributed by atoms with van der Waals surface area (Å²) in [6, 6.07) is 12.6. The number of ketones is 1. The second-order valence-electron chi connectivity index (χ2n) is 5.54. The molecule has 0 spiro atoms. The molecule has 0 saturated heterocycles. The molecule has 1 heterocycles. The number of tetrazole rings is 1. The second-order valence-corrected chi connectivity index (χ2v) is 6.49. The summed E-state index contributed by atoms with van der Waals surface area (Å²) in [5, 5.41) is 14.4. The molecule has 0 saturated carbocycles. The van der Waals surface area contributed by atoms with Gasteiger partial charge in [-0.3, -0.25) is 9.59 Å². The lowest BCUT2D eigenvalue weighted by Crippen LogP contribution is -2.10. The van der Waals surface area contributed by atoms with Gasteiger partial charge in [-0.15, -0.1) is 5.10 Å². The van der Waals surface area contributed by atoms with Crippen LogP contribution in [0.2, 0.25) is 0 Å². The minimum atomic E-state index is -0.398.